The van der Waals surface area contributed by atoms with Gasteiger partial charge in [0.1, 0.15) is 0 Å². The minimum atomic E-state index is -1.38. The van der Waals surface area contributed by atoms with Crippen molar-refractivity contribution in [3.8, 4) is 0 Å². The predicted octanol–water partition coefficient (Wildman–Crippen LogP) is 8.12. The second-order valence-corrected chi connectivity index (χ2v) is 16.3. The van der Waals surface area contributed by atoms with Crippen molar-refractivity contribution < 1.29 is 29.0 Å². The van der Waals surface area contributed by atoms with E-state index in [0.717, 1.165) is 57.0 Å². The molecule has 288 valence electrons. The summed E-state index contributed by atoms with van der Waals surface area (Å²) < 4.78 is 6.90. The van der Waals surface area contributed by atoms with Gasteiger partial charge in [0.15, 0.2) is 5.60 Å². The zero-order valence-electron chi connectivity index (χ0n) is 31.9. The number of hydrogen-bond donors (Lipinski definition) is 1. The summed E-state index contributed by atoms with van der Waals surface area (Å²) in [5.74, 6) is -0.784. The minimum Gasteiger partial charge on any atom is -0.394 e. The molecule has 0 unspecified atom stereocenters. The van der Waals surface area contributed by atoms with Gasteiger partial charge in [0.2, 0.25) is 5.91 Å². The van der Waals surface area contributed by atoms with Crippen molar-refractivity contribution in [3.63, 3.8) is 0 Å². The quantitative estimate of drug-likeness (QED) is 0.176. The number of rotatable bonds is 7. The lowest BCUT2D eigenvalue weighted by molar-refractivity contribution is -0.150. The lowest BCUT2D eigenvalue weighted by Gasteiger charge is -2.29. The summed E-state index contributed by atoms with van der Waals surface area (Å²) in [4.78, 5) is 63.4. The predicted molar refractivity (Wildman–Crippen MR) is 222 cm³/mol. The first-order valence-corrected chi connectivity index (χ1v) is 20.1. The van der Waals surface area contributed by atoms with Gasteiger partial charge in [0, 0.05) is 40.2 Å². The van der Waals surface area contributed by atoms with Crippen LogP contribution >= 0.6 is 0 Å². The monoisotopic (exact) mass is 768 g/mol. The standard InChI is InChI=1S/C48H40N4O6/c1-28-23-35(25-42(54)49-22-6-11-34(49)27-53)58-48(28)38-24-33(52-41-15-5-10-31-8-3-13-37(44(31)41)46(52)56)20-21-39(38)50(47(48)57)26-29-16-18-32(19-17-29)51-40-14-4-9-30-7-2-12-36(43(30)40)45(51)55/h2-5,7-10,12-21,24,28,34-35,53H,6,11,22-23,25-27H2,1H3/t28-,34-,35-,48+/m0/s1. The largest absolute Gasteiger partial charge is 0.394 e. The number of fused-ring (bicyclic) bond motifs is 2. The fraction of sp³-hybridized carbons (Fsp3) is 0.250. The third-order valence-electron chi connectivity index (χ3n) is 13.1. The highest BCUT2D eigenvalue weighted by molar-refractivity contribution is 6.29. The molecule has 5 heterocycles. The molecule has 6 aromatic carbocycles. The average molecular weight is 769 g/mol. The molecule has 10 nitrogen and oxygen atoms in total. The fourth-order valence-electron chi connectivity index (χ4n) is 10.4. The van der Waals surface area contributed by atoms with Crippen LogP contribution in [-0.4, -0.2) is 58.9 Å². The lowest BCUT2D eigenvalue weighted by atomic mass is 9.82. The van der Waals surface area contributed by atoms with Crippen LogP contribution in [0.1, 0.15) is 64.4 Å². The highest BCUT2D eigenvalue weighted by Gasteiger charge is 2.60. The number of hydrogen-bond acceptors (Lipinski definition) is 6. The van der Waals surface area contributed by atoms with Gasteiger partial charge in [-0.2, -0.15) is 0 Å². The summed E-state index contributed by atoms with van der Waals surface area (Å²) in [7, 11) is 0. The van der Waals surface area contributed by atoms with E-state index < -0.39 is 11.7 Å². The van der Waals surface area contributed by atoms with Crippen molar-refractivity contribution >= 4 is 73.6 Å². The molecule has 5 aliphatic heterocycles. The van der Waals surface area contributed by atoms with E-state index in [4.69, 9.17) is 4.74 Å². The van der Waals surface area contributed by atoms with Crippen LogP contribution in [0, 0.1) is 5.92 Å². The molecule has 0 bridgehead atoms. The molecule has 0 aromatic heterocycles. The first-order valence-electron chi connectivity index (χ1n) is 20.1. The van der Waals surface area contributed by atoms with E-state index in [1.54, 1.807) is 19.6 Å². The maximum absolute atomic E-state index is 15.1. The Morgan fingerprint density at radius 2 is 1.36 bits per heavy atom. The van der Waals surface area contributed by atoms with Gasteiger partial charge in [-0.05, 0) is 90.2 Å². The Hall–Kier alpha value is -6.36. The molecule has 0 saturated carbocycles. The van der Waals surface area contributed by atoms with E-state index in [2.05, 4.69) is 0 Å². The van der Waals surface area contributed by atoms with Crippen LogP contribution < -0.4 is 14.7 Å². The van der Waals surface area contributed by atoms with Crippen molar-refractivity contribution in [2.75, 3.05) is 27.9 Å². The third-order valence-corrected chi connectivity index (χ3v) is 13.1. The molecule has 6 aromatic rings. The molecule has 1 spiro atoms. The van der Waals surface area contributed by atoms with Crippen LogP contribution in [0.15, 0.2) is 115 Å². The number of aliphatic hydroxyl groups is 1. The van der Waals surface area contributed by atoms with Gasteiger partial charge in [-0.3, -0.25) is 29.0 Å². The second kappa shape index (κ2) is 12.8. The zero-order valence-corrected chi connectivity index (χ0v) is 31.9. The Morgan fingerprint density at radius 3 is 2.00 bits per heavy atom. The topological polar surface area (TPSA) is 111 Å². The van der Waals surface area contributed by atoms with Crippen LogP contribution in [0.3, 0.4) is 0 Å². The van der Waals surface area contributed by atoms with E-state index in [1.165, 1.54) is 0 Å². The van der Waals surface area contributed by atoms with Gasteiger partial charge >= 0.3 is 0 Å². The summed E-state index contributed by atoms with van der Waals surface area (Å²) >= 11 is 0. The number of amides is 4. The summed E-state index contributed by atoms with van der Waals surface area (Å²) in [6, 6.07) is 36.7. The molecule has 1 N–H and O–H groups in total. The van der Waals surface area contributed by atoms with E-state index in [0.29, 0.717) is 41.0 Å². The molecule has 11 rings (SSSR count). The molecular weight excluding hydrogens is 729 g/mol. The van der Waals surface area contributed by atoms with Gasteiger partial charge < -0.3 is 19.6 Å². The summed E-state index contributed by atoms with van der Waals surface area (Å²) in [6.45, 7) is 2.78. The van der Waals surface area contributed by atoms with E-state index in [-0.39, 0.29) is 55.2 Å². The smallest absolute Gasteiger partial charge is 0.264 e. The highest BCUT2D eigenvalue weighted by Crippen LogP contribution is 2.56. The highest BCUT2D eigenvalue weighted by atomic mass is 16.5. The van der Waals surface area contributed by atoms with Gasteiger partial charge in [-0.25, -0.2) is 0 Å². The molecule has 5 aliphatic rings. The molecule has 4 atom stereocenters. The van der Waals surface area contributed by atoms with Crippen LogP contribution in [-0.2, 0) is 26.5 Å². The maximum Gasteiger partial charge on any atom is 0.264 e. The zero-order chi connectivity index (χ0) is 39.4. The Kier molecular flexibility index (Phi) is 7.71. The van der Waals surface area contributed by atoms with Gasteiger partial charge in [0.25, 0.3) is 17.7 Å². The van der Waals surface area contributed by atoms with Gasteiger partial charge in [0.05, 0.1) is 59.9 Å². The normalized spacial score (nSPS) is 23.1. The molecule has 2 fully saturated rings. The summed E-state index contributed by atoms with van der Waals surface area (Å²) in [5, 5.41) is 13.8. The SMILES string of the molecule is C[C@H]1C[C@@H](CC(=O)N2CCC[C@H]2CO)O[C@]12C(=O)N(Cc1ccc(N3C(=O)c4cccc5cccc3c45)cc1)c1ccc(N3C(=O)c4cccc5cccc3c45)cc12. The van der Waals surface area contributed by atoms with Crippen LogP contribution in [0.4, 0.5) is 28.4 Å². The van der Waals surface area contributed by atoms with Crippen molar-refractivity contribution in [1.29, 1.82) is 0 Å². The lowest BCUT2D eigenvalue weighted by Crippen LogP contribution is -2.44. The first-order chi connectivity index (χ1) is 28.3. The Labute approximate surface area is 334 Å². The average Bonchev–Trinajstić information content (AvgIpc) is 4.04. The maximum atomic E-state index is 15.1. The molecule has 58 heavy (non-hydrogen) atoms. The molecule has 4 amide bonds. The number of likely N-dealkylation sites (tertiary alicyclic amines) is 1. The van der Waals surface area contributed by atoms with E-state index in [9.17, 15) is 19.5 Å². The van der Waals surface area contributed by atoms with Gasteiger partial charge in [-0.1, -0.05) is 67.6 Å². The van der Waals surface area contributed by atoms with E-state index >= 15 is 4.79 Å². The molecule has 2 saturated heterocycles. The number of carbonyl (C=O) groups is 4. The number of anilines is 5. The van der Waals surface area contributed by atoms with Crippen LogP contribution in [0.25, 0.3) is 21.5 Å². The van der Waals surface area contributed by atoms with Crippen LogP contribution in [0.5, 0.6) is 0 Å². The summed E-state index contributed by atoms with van der Waals surface area (Å²) in [5.41, 5.74) is 5.16. The molecule has 10 heteroatoms. The number of carbonyl (C=O) groups excluding carboxylic acids is 4. The van der Waals surface area contributed by atoms with Gasteiger partial charge in [-0.15, -0.1) is 0 Å². The van der Waals surface area contributed by atoms with Crippen molar-refractivity contribution in [3.05, 3.63) is 138 Å². The van der Waals surface area contributed by atoms with Crippen molar-refractivity contribution in [1.82, 2.24) is 4.90 Å². The number of aliphatic hydroxyl groups excluding tert-OH is 1. The van der Waals surface area contributed by atoms with E-state index in [1.807, 2.05) is 122 Å². The second-order valence-electron chi connectivity index (χ2n) is 16.3. The Morgan fingerprint density at radius 1 is 0.759 bits per heavy atom. The summed E-state index contributed by atoms with van der Waals surface area (Å²) in [6.07, 6.45) is 1.71. The number of benzene rings is 6. The Bertz CT molecular complexity index is 2760. The van der Waals surface area contributed by atoms with Crippen molar-refractivity contribution in [2.45, 2.75) is 56.9 Å². The first kappa shape index (κ1) is 34.9. The Balaban J connectivity index is 0.948. The molecule has 0 radical (unpaired) electrons. The fourth-order valence-corrected chi connectivity index (χ4v) is 10.4. The molecule has 0 aliphatic carbocycles. The number of ether oxygens (including phenoxy) is 1. The third kappa shape index (κ3) is 4.85. The molecular formula is C48H40N4O6. The number of nitrogens with zero attached hydrogens (tertiary/aromatic N) is 4. The van der Waals surface area contributed by atoms with Crippen molar-refractivity contribution in [2.24, 2.45) is 5.92 Å². The minimum absolute atomic E-state index is 0.0752. The van der Waals surface area contributed by atoms with Crippen LogP contribution in [0.2, 0.25) is 0 Å².